The van der Waals surface area contributed by atoms with Crippen molar-refractivity contribution in [1.82, 2.24) is 30.9 Å². The first-order chi connectivity index (χ1) is 14.2. The molecule has 5 aliphatic heterocycles. The van der Waals surface area contributed by atoms with Crippen molar-refractivity contribution < 1.29 is 14.3 Å². The molecule has 5 rings (SSSR count). The van der Waals surface area contributed by atoms with Crippen LogP contribution < -0.4 is 16.0 Å². The zero-order valence-electron chi connectivity index (χ0n) is 16.6. The van der Waals surface area contributed by atoms with Gasteiger partial charge in [-0.05, 0) is 25.5 Å². The fraction of sp³-hybridized carbons (Fsp3) is 0.789. The van der Waals surface area contributed by atoms with E-state index in [1.807, 2.05) is 16.2 Å². The number of thioether (sulfide) groups is 1. The lowest BCUT2D eigenvalue weighted by Crippen LogP contribution is -2.71. The maximum atomic E-state index is 13.2. The lowest BCUT2D eigenvalue weighted by atomic mass is 9.99. The van der Waals surface area contributed by atoms with Gasteiger partial charge in [-0.3, -0.25) is 30.5 Å². The third-order valence-corrected chi connectivity index (χ3v) is 7.26. The molecule has 0 spiro atoms. The summed E-state index contributed by atoms with van der Waals surface area (Å²) in [5.74, 6) is 6.36. The number of hydrazine groups is 1. The highest BCUT2D eigenvalue weighted by Crippen LogP contribution is 2.33. The largest absolute Gasteiger partial charge is 0.365 e. The number of fused-ring (bicyclic) bond motifs is 5. The number of nitrogens with zero attached hydrogens (tertiary/aromatic N) is 3. The molecule has 0 aromatic carbocycles. The van der Waals surface area contributed by atoms with E-state index in [4.69, 9.17) is 4.74 Å². The Labute approximate surface area is 175 Å². The lowest BCUT2D eigenvalue weighted by molar-refractivity contribution is -0.176. The molecule has 4 saturated heterocycles. The van der Waals surface area contributed by atoms with Gasteiger partial charge in [0, 0.05) is 19.5 Å². The quantitative estimate of drug-likeness (QED) is 0.460. The van der Waals surface area contributed by atoms with Crippen molar-refractivity contribution in [3.63, 3.8) is 0 Å². The zero-order chi connectivity index (χ0) is 20.0. The van der Waals surface area contributed by atoms with Crippen LogP contribution in [0.15, 0.2) is 0 Å². The van der Waals surface area contributed by atoms with Gasteiger partial charge in [0.1, 0.15) is 18.3 Å². The summed E-state index contributed by atoms with van der Waals surface area (Å²) in [5, 5.41) is 14.6. The van der Waals surface area contributed by atoms with E-state index in [1.54, 1.807) is 11.8 Å². The lowest BCUT2D eigenvalue weighted by Gasteiger charge is -2.50. The number of nitrogens with one attached hydrogen (secondary N) is 3. The third-order valence-electron chi connectivity index (χ3n) is 6.49. The van der Waals surface area contributed by atoms with Gasteiger partial charge in [0.15, 0.2) is 0 Å². The molecule has 5 heterocycles. The van der Waals surface area contributed by atoms with Crippen molar-refractivity contribution in [2.75, 3.05) is 32.5 Å². The molecule has 2 amide bonds. The Morgan fingerprint density at radius 2 is 2.07 bits per heavy atom. The summed E-state index contributed by atoms with van der Waals surface area (Å²) >= 11 is 1.70. The second-order valence-electron chi connectivity index (χ2n) is 8.12. The fourth-order valence-electron chi connectivity index (χ4n) is 5.07. The first-order valence-electron chi connectivity index (χ1n) is 10.4. The van der Waals surface area contributed by atoms with Gasteiger partial charge in [-0.25, -0.2) is 0 Å². The normalized spacial score (nSPS) is 40.3. The van der Waals surface area contributed by atoms with E-state index >= 15 is 0 Å². The molecule has 0 aromatic rings. The van der Waals surface area contributed by atoms with E-state index < -0.39 is 0 Å². The smallest absolute Gasteiger partial charge is 0.249 e. The van der Waals surface area contributed by atoms with Gasteiger partial charge in [0.2, 0.25) is 11.8 Å². The SMILES string of the molecule is CSC1NCC2C(=O)N3CC#CCCCN4C(=O)COC5CCC(NC54)N3C2N1. The molecule has 0 radical (unpaired) electrons. The molecule has 6 unspecified atom stereocenters. The summed E-state index contributed by atoms with van der Waals surface area (Å²) in [6.45, 7) is 1.89. The van der Waals surface area contributed by atoms with E-state index in [2.05, 4.69) is 32.8 Å². The summed E-state index contributed by atoms with van der Waals surface area (Å²) in [6.07, 6.45) is 5.01. The van der Waals surface area contributed by atoms with Gasteiger partial charge in [-0.15, -0.1) is 17.7 Å². The van der Waals surface area contributed by atoms with Crippen LogP contribution >= 0.6 is 11.8 Å². The molecule has 0 saturated carbocycles. The highest BCUT2D eigenvalue weighted by atomic mass is 32.2. The molecule has 29 heavy (non-hydrogen) atoms. The second-order valence-corrected chi connectivity index (χ2v) is 9.06. The monoisotopic (exact) mass is 420 g/mol. The number of hydrogen-bond donors (Lipinski definition) is 3. The Morgan fingerprint density at radius 3 is 2.93 bits per heavy atom. The van der Waals surface area contributed by atoms with E-state index in [1.165, 1.54) is 0 Å². The van der Waals surface area contributed by atoms with Crippen LogP contribution in [-0.2, 0) is 14.3 Å². The average Bonchev–Trinajstić information content (AvgIpc) is 3.01. The number of ether oxygens (including phenoxy) is 1. The minimum atomic E-state index is -0.156. The first-order valence-corrected chi connectivity index (χ1v) is 11.7. The molecule has 0 aliphatic carbocycles. The van der Waals surface area contributed by atoms with Crippen LogP contribution in [0.4, 0.5) is 0 Å². The first kappa shape index (κ1) is 19.6. The van der Waals surface area contributed by atoms with Gasteiger partial charge >= 0.3 is 0 Å². The van der Waals surface area contributed by atoms with E-state index in [-0.39, 0.29) is 54.4 Å². The summed E-state index contributed by atoms with van der Waals surface area (Å²) in [7, 11) is 0. The van der Waals surface area contributed by atoms with Crippen molar-refractivity contribution in [2.24, 2.45) is 5.92 Å². The standard InChI is InChI=1S/C19H28N6O3S/c1-29-19-20-10-12-16(22-19)25-14-7-6-13-17(21-14)23(15(26)11-28-13)8-4-2-3-5-9-24(25)18(12)27/h12-14,16-17,19-22H,2,4,6-11H2,1H3. The minimum absolute atomic E-state index is 0.000420. The van der Waals surface area contributed by atoms with Crippen molar-refractivity contribution in [2.45, 2.75) is 55.8 Å². The van der Waals surface area contributed by atoms with Crippen molar-refractivity contribution in [3.8, 4) is 11.8 Å². The molecule has 3 N–H and O–H groups in total. The van der Waals surface area contributed by atoms with Crippen molar-refractivity contribution >= 4 is 23.6 Å². The Balaban J connectivity index is 1.48. The number of piperidine rings is 1. The van der Waals surface area contributed by atoms with E-state index in [0.717, 1.165) is 19.3 Å². The van der Waals surface area contributed by atoms with Crippen molar-refractivity contribution in [1.29, 1.82) is 0 Å². The zero-order valence-corrected chi connectivity index (χ0v) is 17.4. The van der Waals surface area contributed by atoms with E-state index in [9.17, 15) is 9.59 Å². The molecule has 10 heteroatoms. The molecular weight excluding hydrogens is 392 g/mol. The molecule has 5 aliphatic rings. The van der Waals surface area contributed by atoms with Crippen LogP contribution in [0, 0.1) is 17.8 Å². The summed E-state index contributed by atoms with van der Waals surface area (Å²) in [4.78, 5) is 27.7. The number of rotatable bonds is 1. The van der Waals surface area contributed by atoms with Gasteiger partial charge in [0.25, 0.3) is 0 Å². The van der Waals surface area contributed by atoms with Gasteiger partial charge in [-0.2, -0.15) is 5.01 Å². The highest BCUT2D eigenvalue weighted by Gasteiger charge is 2.53. The fourth-order valence-corrected chi connectivity index (χ4v) is 5.60. The molecular formula is C19H28N6O3S. The van der Waals surface area contributed by atoms with Crippen molar-refractivity contribution in [3.05, 3.63) is 0 Å². The van der Waals surface area contributed by atoms with Crippen LogP contribution in [0.25, 0.3) is 0 Å². The molecule has 2 bridgehead atoms. The predicted molar refractivity (Wildman–Crippen MR) is 108 cm³/mol. The topological polar surface area (TPSA) is 89.2 Å². The molecule has 6 atom stereocenters. The van der Waals surface area contributed by atoms with Crippen LogP contribution in [0.5, 0.6) is 0 Å². The van der Waals surface area contributed by atoms with Gasteiger partial charge in [0.05, 0.1) is 30.9 Å². The highest BCUT2D eigenvalue weighted by molar-refractivity contribution is 7.99. The predicted octanol–water partition coefficient (Wildman–Crippen LogP) is -1.11. The summed E-state index contributed by atoms with van der Waals surface area (Å²) in [5.41, 5.74) is 0.101. The van der Waals surface area contributed by atoms with Crippen LogP contribution in [0.2, 0.25) is 0 Å². The van der Waals surface area contributed by atoms with Gasteiger partial charge in [-0.1, -0.05) is 5.92 Å². The number of amides is 2. The third kappa shape index (κ3) is 3.44. The maximum absolute atomic E-state index is 13.2. The average molecular weight is 421 g/mol. The van der Waals surface area contributed by atoms with E-state index in [0.29, 0.717) is 26.1 Å². The summed E-state index contributed by atoms with van der Waals surface area (Å²) < 4.78 is 5.84. The number of carbonyl (C=O) groups is 2. The van der Waals surface area contributed by atoms with Gasteiger partial charge < -0.3 is 9.64 Å². The molecule has 0 aromatic heterocycles. The molecule has 9 nitrogen and oxygen atoms in total. The Morgan fingerprint density at radius 1 is 1.17 bits per heavy atom. The minimum Gasteiger partial charge on any atom is -0.365 e. The summed E-state index contributed by atoms with van der Waals surface area (Å²) in [6, 6.07) is 0. The number of carbonyl (C=O) groups excluding carboxylic acids is 2. The maximum Gasteiger partial charge on any atom is 0.249 e. The molecule has 158 valence electrons. The van der Waals surface area contributed by atoms with Crippen LogP contribution in [-0.4, -0.2) is 89.3 Å². The Hall–Kier alpha value is -1.35. The number of morpholine rings is 1. The van der Waals surface area contributed by atoms with Crippen LogP contribution in [0.1, 0.15) is 25.7 Å². The number of hydrogen-bond acceptors (Lipinski definition) is 8. The Kier molecular flexibility index (Phi) is 5.45. The van der Waals surface area contributed by atoms with Crippen LogP contribution in [0.3, 0.4) is 0 Å². The molecule has 4 fully saturated rings. The second kappa shape index (κ2) is 8.06. The Bertz CT molecular complexity index is 741.